The van der Waals surface area contributed by atoms with Crippen molar-refractivity contribution < 1.29 is 19.1 Å². The number of benzene rings is 1. The van der Waals surface area contributed by atoms with Gasteiger partial charge in [-0.3, -0.25) is 9.69 Å². The average Bonchev–Trinajstić information content (AvgIpc) is 3.16. The van der Waals surface area contributed by atoms with Gasteiger partial charge >= 0.3 is 0 Å². The standard InChI is InChI=1S/C19H24N2O4/c22-17(14-24-15-18-7-4-12-25-18)13-20-8-10-21(11-9-20)19(23)16-5-2-1-3-6-16/h1-7,12,17,22H,8-11,13-15H2/t17-/m0/s1. The molecule has 1 aliphatic rings. The van der Waals surface area contributed by atoms with Crippen LogP contribution >= 0.6 is 0 Å². The molecule has 1 fully saturated rings. The Balaban J connectivity index is 1.36. The Bertz CT molecular complexity index is 637. The Labute approximate surface area is 147 Å². The van der Waals surface area contributed by atoms with Crippen molar-refractivity contribution in [2.75, 3.05) is 39.3 Å². The van der Waals surface area contributed by atoms with E-state index in [1.807, 2.05) is 47.4 Å². The average molecular weight is 344 g/mol. The zero-order valence-electron chi connectivity index (χ0n) is 14.2. The predicted octanol–water partition coefficient (Wildman–Crippen LogP) is 1.62. The van der Waals surface area contributed by atoms with Crippen LogP contribution in [-0.2, 0) is 11.3 Å². The third-order valence-electron chi connectivity index (χ3n) is 4.28. The van der Waals surface area contributed by atoms with E-state index in [4.69, 9.17) is 9.15 Å². The Kier molecular flexibility index (Phi) is 6.22. The van der Waals surface area contributed by atoms with Crippen molar-refractivity contribution in [1.29, 1.82) is 0 Å². The summed E-state index contributed by atoms with van der Waals surface area (Å²) >= 11 is 0. The van der Waals surface area contributed by atoms with E-state index >= 15 is 0 Å². The first kappa shape index (κ1) is 17.7. The Hall–Kier alpha value is -2.15. The van der Waals surface area contributed by atoms with Gasteiger partial charge in [0.1, 0.15) is 12.4 Å². The highest BCUT2D eigenvalue weighted by atomic mass is 16.5. The van der Waals surface area contributed by atoms with Crippen LogP contribution in [0.3, 0.4) is 0 Å². The first-order valence-corrected chi connectivity index (χ1v) is 8.57. The monoisotopic (exact) mass is 344 g/mol. The summed E-state index contributed by atoms with van der Waals surface area (Å²) in [5, 5.41) is 10.1. The van der Waals surface area contributed by atoms with Gasteiger partial charge in [-0.05, 0) is 24.3 Å². The number of hydrogen-bond donors (Lipinski definition) is 1. The molecule has 6 heteroatoms. The summed E-state index contributed by atoms with van der Waals surface area (Å²) in [6.45, 7) is 4.04. The molecule has 1 aromatic heterocycles. The number of β-amino-alcohol motifs (C(OH)–C–C–N with tert-alkyl or cyclic N) is 1. The topological polar surface area (TPSA) is 66.2 Å². The zero-order valence-corrected chi connectivity index (χ0v) is 14.2. The second kappa shape index (κ2) is 8.80. The number of carbonyl (C=O) groups excluding carboxylic acids is 1. The van der Waals surface area contributed by atoms with Crippen molar-refractivity contribution in [1.82, 2.24) is 9.80 Å². The lowest BCUT2D eigenvalue weighted by atomic mass is 10.2. The van der Waals surface area contributed by atoms with Crippen molar-refractivity contribution in [3.05, 3.63) is 60.1 Å². The molecule has 1 N–H and O–H groups in total. The van der Waals surface area contributed by atoms with Crippen LogP contribution in [0.25, 0.3) is 0 Å². The molecule has 0 aliphatic carbocycles. The maximum absolute atomic E-state index is 12.4. The van der Waals surface area contributed by atoms with Crippen LogP contribution in [-0.4, -0.2) is 66.2 Å². The second-order valence-corrected chi connectivity index (χ2v) is 6.21. The van der Waals surface area contributed by atoms with Crippen molar-refractivity contribution >= 4 is 5.91 Å². The lowest BCUT2D eigenvalue weighted by Crippen LogP contribution is -2.50. The number of hydrogen-bond acceptors (Lipinski definition) is 5. The van der Waals surface area contributed by atoms with Crippen molar-refractivity contribution in [2.45, 2.75) is 12.7 Å². The van der Waals surface area contributed by atoms with Gasteiger partial charge in [-0.2, -0.15) is 0 Å². The highest BCUT2D eigenvalue weighted by Crippen LogP contribution is 2.09. The third-order valence-corrected chi connectivity index (χ3v) is 4.28. The van der Waals surface area contributed by atoms with E-state index in [2.05, 4.69) is 4.90 Å². The molecule has 0 radical (unpaired) electrons. The van der Waals surface area contributed by atoms with Gasteiger partial charge in [-0.25, -0.2) is 0 Å². The van der Waals surface area contributed by atoms with Crippen LogP contribution in [0.5, 0.6) is 0 Å². The van der Waals surface area contributed by atoms with Gasteiger partial charge in [0.05, 0.1) is 19.0 Å². The number of aliphatic hydroxyl groups is 1. The minimum atomic E-state index is -0.550. The molecule has 6 nitrogen and oxygen atoms in total. The summed E-state index contributed by atoms with van der Waals surface area (Å²) < 4.78 is 10.6. The quantitative estimate of drug-likeness (QED) is 0.827. The van der Waals surface area contributed by atoms with Gasteiger partial charge in [0.15, 0.2) is 0 Å². The number of carbonyl (C=O) groups is 1. The first-order chi connectivity index (χ1) is 12.2. The molecule has 1 aromatic carbocycles. The van der Waals surface area contributed by atoms with Crippen LogP contribution in [0.15, 0.2) is 53.1 Å². The Morgan fingerprint density at radius 2 is 1.88 bits per heavy atom. The number of amides is 1. The molecule has 1 aliphatic heterocycles. The number of nitrogens with zero attached hydrogens (tertiary/aromatic N) is 2. The second-order valence-electron chi connectivity index (χ2n) is 6.21. The van der Waals surface area contributed by atoms with Crippen LogP contribution in [0.4, 0.5) is 0 Å². The van der Waals surface area contributed by atoms with E-state index in [1.165, 1.54) is 0 Å². The summed E-state index contributed by atoms with van der Waals surface area (Å²) in [6, 6.07) is 13.0. The van der Waals surface area contributed by atoms with Gasteiger partial charge in [-0.1, -0.05) is 18.2 Å². The van der Waals surface area contributed by atoms with Gasteiger partial charge in [0.25, 0.3) is 5.91 Å². The maximum Gasteiger partial charge on any atom is 0.253 e. The van der Waals surface area contributed by atoms with Crippen LogP contribution in [0.2, 0.25) is 0 Å². The number of aliphatic hydroxyl groups excluding tert-OH is 1. The van der Waals surface area contributed by atoms with E-state index in [0.717, 1.165) is 24.4 Å². The lowest BCUT2D eigenvalue weighted by molar-refractivity contribution is -0.00187. The zero-order chi connectivity index (χ0) is 17.5. The number of rotatable bonds is 7. The highest BCUT2D eigenvalue weighted by molar-refractivity contribution is 5.94. The Morgan fingerprint density at radius 1 is 1.12 bits per heavy atom. The summed E-state index contributed by atoms with van der Waals surface area (Å²) in [5.41, 5.74) is 0.724. The molecule has 3 rings (SSSR count). The van der Waals surface area contributed by atoms with Crippen molar-refractivity contribution in [3.63, 3.8) is 0 Å². The molecule has 134 valence electrons. The minimum absolute atomic E-state index is 0.0718. The maximum atomic E-state index is 12.4. The van der Waals surface area contributed by atoms with Crippen molar-refractivity contribution in [2.24, 2.45) is 0 Å². The van der Waals surface area contributed by atoms with E-state index in [1.54, 1.807) is 6.26 Å². The van der Waals surface area contributed by atoms with E-state index in [0.29, 0.717) is 26.2 Å². The fourth-order valence-corrected chi connectivity index (χ4v) is 2.94. The van der Waals surface area contributed by atoms with E-state index < -0.39 is 6.10 Å². The largest absolute Gasteiger partial charge is 0.467 e. The molecule has 1 saturated heterocycles. The fourth-order valence-electron chi connectivity index (χ4n) is 2.94. The number of furan rings is 1. The van der Waals surface area contributed by atoms with Gasteiger partial charge in [0.2, 0.25) is 0 Å². The normalized spacial score (nSPS) is 16.8. The Morgan fingerprint density at radius 3 is 2.56 bits per heavy atom. The molecule has 0 saturated carbocycles. The molecule has 0 unspecified atom stereocenters. The summed E-state index contributed by atoms with van der Waals surface area (Å²) in [6.07, 6.45) is 1.05. The highest BCUT2D eigenvalue weighted by Gasteiger charge is 2.23. The smallest absolute Gasteiger partial charge is 0.253 e. The number of piperazine rings is 1. The minimum Gasteiger partial charge on any atom is -0.467 e. The summed E-state index contributed by atoms with van der Waals surface area (Å²) in [4.78, 5) is 16.4. The number of ether oxygens (including phenoxy) is 1. The van der Waals surface area contributed by atoms with Gasteiger partial charge < -0.3 is 19.2 Å². The summed E-state index contributed by atoms with van der Waals surface area (Å²) in [7, 11) is 0. The predicted molar refractivity (Wildman–Crippen MR) is 93.2 cm³/mol. The fraction of sp³-hybridized carbons (Fsp3) is 0.421. The molecule has 2 heterocycles. The molecule has 1 atom stereocenters. The lowest BCUT2D eigenvalue weighted by Gasteiger charge is -2.35. The molecular weight excluding hydrogens is 320 g/mol. The first-order valence-electron chi connectivity index (χ1n) is 8.57. The molecule has 0 bridgehead atoms. The molecule has 25 heavy (non-hydrogen) atoms. The SMILES string of the molecule is O=C(c1ccccc1)N1CCN(C[C@H](O)COCc2ccco2)CC1. The third kappa shape index (κ3) is 5.16. The molecular formula is C19H24N2O4. The van der Waals surface area contributed by atoms with E-state index in [9.17, 15) is 9.90 Å². The van der Waals surface area contributed by atoms with Crippen molar-refractivity contribution in [3.8, 4) is 0 Å². The van der Waals surface area contributed by atoms with Crippen LogP contribution < -0.4 is 0 Å². The van der Waals surface area contributed by atoms with Gasteiger partial charge in [-0.15, -0.1) is 0 Å². The molecule has 0 spiro atoms. The summed E-state index contributed by atoms with van der Waals surface area (Å²) in [5.74, 6) is 0.822. The van der Waals surface area contributed by atoms with E-state index in [-0.39, 0.29) is 12.5 Å². The van der Waals surface area contributed by atoms with Crippen LogP contribution in [0.1, 0.15) is 16.1 Å². The van der Waals surface area contributed by atoms with Gasteiger partial charge in [0, 0.05) is 38.3 Å². The van der Waals surface area contributed by atoms with Crippen LogP contribution in [0, 0.1) is 0 Å². The molecule has 2 aromatic rings. The molecule has 1 amide bonds.